The molecule has 0 radical (unpaired) electrons. The van der Waals surface area contributed by atoms with Crippen molar-refractivity contribution in [2.45, 2.75) is 49.9 Å². The van der Waals surface area contributed by atoms with Gasteiger partial charge in [0.1, 0.15) is 0 Å². The maximum atomic E-state index is 5.46. The van der Waals surface area contributed by atoms with E-state index in [1.54, 1.807) is 0 Å². The van der Waals surface area contributed by atoms with Crippen LogP contribution in [0.5, 0.6) is 11.5 Å². The fraction of sp³-hybridized carbons (Fsp3) is 0.625. The van der Waals surface area contributed by atoms with Gasteiger partial charge in [-0.1, -0.05) is 12.5 Å². The maximum Gasteiger partial charge on any atom is 0.231 e. The van der Waals surface area contributed by atoms with Crippen LogP contribution in [0.2, 0.25) is 0 Å². The highest BCUT2D eigenvalue weighted by molar-refractivity contribution is 7.99. The Morgan fingerprint density at radius 1 is 1.25 bits per heavy atom. The predicted octanol–water partition coefficient (Wildman–Crippen LogP) is 3.74. The lowest BCUT2D eigenvalue weighted by Crippen LogP contribution is -2.36. The fourth-order valence-corrected chi connectivity index (χ4v) is 3.97. The lowest BCUT2D eigenvalue weighted by molar-refractivity contribution is 0.174. The zero-order valence-corrected chi connectivity index (χ0v) is 13.0. The molecule has 0 spiro atoms. The Bertz CT molecular complexity index is 466. The van der Waals surface area contributed by atoms with Crippen LogP contribution in [0.3, 0.4) is 0 Å². The number of benzene rings is 1. The molecule has 1 N–H and O–H groups in total. The normalized spacial score (nSPS) is 26.5. The third-order valence-corrected chi connectivity index (χ3v) is 5.44. The van der Waals surface area contributed by atoms with Crippen molar-refractivity contribution in [1.82, 2.24) is 5.32 Å². The summed E-state index contributed by atoms with van der Waals surface area (Å²) in [5.74, 6) is 1.74. The lowest BCUT2D eigenvalue weighted by Gasteiger charge is -2.31. The van der Waals surface area contributed by atoms with Crippen LogP contribution in [0.15, 0.2) is 18.2 Å². The third-order valence-electron chi connectivity index (χ3n) is 4.34. The number of thioether (sulfide) groups is 1. The van der Waals surface area contributed by atoms with E-state index in [0.717, 1.165) is 16.7 Å². The Hall–Kier alpha value is -0.870. The van der Waals surface area contributed by atoms with Gasteiger partial charge in [0.25, 0.3) is 0 Å². The summed E-state index contributed by atoms with van der Waals surface area (Å²) < 4.78 is 10.8. The van der Waals surface area contributed by atoms with E-state index in [1.165, 1.54) is 31.2 Å². The Morgan fingerprint density at radius 2 is 2.10 bits per heavy atom. The quantitative estimate of drug-likeness (QED) is 0.916. The first-order valence-corrected chi connectivity index (χ1v) is 8.73. The van der Waals surface area contributed by atoms with Crippen LogP contribution >= 0.6 is 11.8 Å². The van der Waals surface area contributed by atoms with E-state index in [0.29, 0.717) is 18.9 Å². The SMILES string of the molecule is CSC1CCCC(NC(C)c2ccc3c(c2)OCO3)C1. The van der Waals surface area contributed by atoms with Crippen molar-refractivity contribution in [2.75, 3.05) is 13.0 Å². The van der Waals surface area contributed by atoms with Gasteiger partial charge in [0.15, 0.2) is 11.5 Å². The molecule has 0 aromatic heterocycles. The summed E-state index contributed by atoms with van der Waals surface area (Å²) in [7, 11) is 0. The Morgan fingerprint density at radius 3 is 2.95 bits per heavy atom. The zero-order valence-electron chi connectivity index (χ0n) is 12.2. The van der Waals surface area contributed by atoms with Gasteiger partial charge in [-0.3, -0.25) is 0 Å². The molecular weight excluding hydrogens is 270 g/mol. The number of fused-ring (bicyclic) bond motifs is 1. The number of nitrogens with one attached hydrogen (secondary N) is 1. The summed E-state index contributed by atoms with van der Waals surface area (Å²) in [5, 5.41) is 4.61. The van der Waals surface area contributed by atoms with Gasteiger partial charge in [0, 0.05) is 17.3 Å². The third kappa shape index (κ3) is 3.07. The summed E-state index contributed by atoms with van der Waals surface area (Å²) in [6.45, 7) is 2.58. The van der Waals surface area contributed by atoms with Crippen LogP contribution in [0.1, 0.15) is 44.2 Å². The molecule has 4 heteroatoms. The van der Waals surface area contributed by atoms with Gasteiger partial charge in [-0.05, 0) is 50.1 Å². The molecule has 3 rings (SSSR count). The van der Waals surface area contributed by atoms with Gasteiger partial charge in [-0.15, -0.1) is 0 Å². The molecule has 3 atom stereocenters. The molecule has 1 fully saturated rings. The smallest absolute Gasteiger partial charge is 0.231 e. The van der Waals surface area contributed by atoms with Crippen molar-refractivity contribution in [3.8, 4) is 11.5 Å². The van der Waals surface area contributed by atoms with Crippen molar-refractivity contribution < 1.29 is 9.47 Å². The molecule has 1 aliphatic heterocycles. The van der Waals surface area contributed by atoms with Crippen LogP contribution in [-0.4, -0.2) is 24.3 Å². The van der Waals surface area contributed by atoms with E-state index >= 15 is 0 Å². The summed E-state index contributed by atoms with van der Waals surface area (Å²) in [6.07, 6.45) is 7.53. The second-order valence-corrected chi connectivity index (χ2v) is 6.86. The summed E-state index contributed by atoms with van der Waals surface area (Å²) in [4.78, 5) is 0. The second-order valence-electron chi connectivity index (χ2n) is 5.72. The van der Waals surface area contributed by atoms with E-state index < -0.39 is 0 Å². The van der Waals surface area contributed by atoms with Crippen molar-refractivity contribution in [3.05, 3.63) is 23.8 Å². The van der Waals surface area contributed by atoms with Gasteiger partial charge < -0.3 is 14.8 Å². The molecule has 0 saturated heterocycles. The van der Waals surface area contributed by atoms with Gasteiger partial charge in [0.2, 0.25) is 6.79 Å². The van der Waals surface area contributed by atoms with Crippen molar-refractivity contribution in [3.63, 3.8) is 0 Å². The van der Waals surface area contributed by atoms with Gasteiger partial charge in [-0.25, -0.2) is 0 Å². The minimum Gasteiger partial charge on any atom is -0.454 e. The van der Waals surface area contributed by atoms with E-state index in [-0.39, 0.29) is 0 Å². The topological polar surface area (TPSA) is 30.5 Å². The van der Waals surface area contributed by atoms with Crippen molar-refractivity contribution >= 4 is 11.8 Å². The van der Waals surface area contributed by atoms with Crippen LogP contribution in [0, 0.1) is 0 Å². The molecular formula is C16H23NO2S. The standard InChI is InChI=1S/C16H23NO2S/c1-11(17-13-4-3-5-14(9-13)20-2)12-6-7-15-16(8-12)19-10-18-15/h6-8,11,13-14,17H,3-5,9-10H2,1-2H3. The number of rotatable bonds is 4. The first kappa shape index (κ1) is 14.1. The average Bonchev–Trinajstić information content (AvgIpc) is 2.94. The second kappa shape index (κ2) is 6.27. The first-order chi connectivity index (χ1) is 9.76. The molecule has 3 nitrogen and oxygen atoms in total. The highest BCUT2D eigenvalue weighted by atomic mass is 32.2. The number of hydrogen-bond donors (Lipinski definition) is 1. The molecule has 0 bridgehead atoms. The minimum atomic E-state index is 0.346. The average molecular weight is 293 g/mol. The molecule has 1 heterocycles. The van der Waals surface area contributed by atoms with Crippen LogP contribution in [-0.2, 0) is 0 Å². The Balaban J connectivity index is 1.62. The van der Waals surface area contributed by atoms with Crippen LogP contribution < -0.4 is 14.8 Å². The molecule has 1 aromatic carbocycles. The minimum absolute atomic E-state index is 0.346. The fourth-order valence-electron chi connectivity index (χ4n) is 3.14. The predicted molar refractivity (Wildman–Crippen MR) is 83.7 cm³/mol. The largest absolute Gasteiger partial charge is 0.454 e. The molecule has 2 aliphatic rings. The molecule has 3 unspecified atom stereocenters. The van der Waals surface area contributed by atoms with E-state index in [1.807, 2.05) is 17.8 Å². The molecule has 1 aliphatic carbocycles. The monoisotopic (exact) mass is 293 g/mol. The highest BCUT2D eigenvalue weighted by Crippen LogP contribution is 2.35. The van der Waals surface area contributed by atoms with Crippen LogP contribution in [0.25, 0.3) is 0 Å². The number of hydrogen-bond acceptors (Lipinski definition) is 4. The van der Waals surface area contributed by atoms with Crippen molar-refractivity contribution in [2.24, 2.45) is 0 Å². The summed E-state index contributed by atoms with van der Waals surface area (Å²) in [6, 6.07) is 7.26. The molecule has 1 saturated carbocycles. The molecule has 20 heavy (non-hydrogen) atoms. The van der Waals surface area contributed by atoms with Crippen molar-refractivity contribution in [1.29, 1.82) is 0 Å². The van der Waals surface area contributed by atoms with Crippen LogP contribution in [0.4, 0.5) is 0 Å². The molecule has 110 valence electrons. The number of ether oxygens (including phenoxy) is 2. The Kier molecular flexibility index (Phi) is 4.41. The van der Waals surface area contributed by atoms with Gasteiger partial charge in [-0.2, -0.15) is 11.8 Å². The van der Waals surface area contributed by atoms with E-state index in [4.69, 9.17) is 9.47 Å². The van der Waals surface area contributed by atoms with E-state index in [2.05, 4.69) is 30.6 Å². The first-order valence-electron chi connectivity index (χ1n) is 7.44. The Labute approximate surface area is 125 Å². The van der Waals surface area contributed by atoms with Gasteiger partial charge >= 0.3 is 0 Å². The van der Waals surface area contributed by atoms with Gasteiger partial charge in [0.05, 0.1) is 0 Å². The van der Waals surface area contributed by atoms with E-state index in [9.17, 15) is 0 Å². The molecule has 1 aromatic rings. The maximum absolute atomic E-state index is 5.46. The highest BCUT2D eigenvalue weighted by Gasteiger charge is 2.23. The summed E-state index contributed by atoms with van der Waals surface area (Å²) >= 11 is 2.01. The summed E-state index contributed by atoms with van der Waals surface area (Å²) in [5.41, 5.74) is 1.28. The molecule has 0 amide bonds. The zero-order chi connectivity index (χ0) is 13.9. The lowest BCUT2D eigenvalue weighted by atomic mass is 9.93.